The molecule has 0 unspecified atom stereocenters. The maximum absolute atomic E-state index is 8.38. The van der Waals surface area contributed by atoms with Gasteiger partial charge in [0.15, 0.2) is 0 Å². The SMILES string of the molecule is CN=C(N)C=C(N)CO. The molecule has 0 aliphatic rings. The summed E-state index contributed by atoms with van der Waals surface area (Å²) in [6.45, 7) is -0.184. The van der Waals surface area contributed by atoms with Crippen LogP contribution >= 0.6 is 0 Å². The number of aliphatic hydroxyl groups is 1. The van der Waals surface area contributed by atoms with Gasteiger partial charge in [-0.1, -0.05) is 0 Å². The molecule has 0 aliphatic carbocycles. The number of hydrogen-bond donors (Lipinski definition) is 3. The number of nitrogens with zero attached hydrogens (tertiary/aromatic N) is 1. The van der Waals surface area contributed by atoms with Crippen molar-refractivity contribution in [2.45, 2.75) is 0 Å². The van der Waals surface area contributed by atoms with Gasteiger partial charge in [0.1, 0.15) is 5.84 Å². The third kappa shape index (κ3) is 3.54. The second-order valence-electron chi connectivity index (χ2n) is 1.53. The first kappa shape index (κ1) is 7.97. The molecular weight excluding hydrogens is 118 g/mol. The Morgan fingerprint density at radius 3 is 2.56 bits per heavy atom. The summed E-state index contributed by atoms with van der Waals surface area (Å²) in [6, 6.07) is 0. The molecule has 0 aromatic rings. The Morgan fingerprint density at radius 1 is 1.67 bits per heavy atom. The molecule has 0 atom stereocenters. The van der Waals surface area contributed by atoms with Gasteiger partial charge in [-0.2, -0.15) is 0 Å². The molecule has 0 bridgehead atoms. The molecule has 4 nitrogen and oxygen atoms in total. The Bertz CT molecular complexity index is 139. The molecule has 4 heteroatoms. The molecule has 0 rings (SSSR count). The smallest absolute Gasteiger partial charge is 0.119 e. The molecule has 0 fully saturated rings. The van der Waals surface area contributed by atoms with Crippen LogP contribution in [0.1, 0.15) is 0 Å². The van der Waals surface area contributed by atoms with E-state index in [1.165, 1.54) is 6.08 Å². The van der Waals surface area contributed by atoms with Crippen LogP contribution in [0.15, 0.2) is 16.8 Å². The lowest BCUT2D eigenvalue weighted by Crippen LogP contribution is -2.12. The van der Waals surface area contributed by atoms with Crippen molar-refractivity contribution in [2.24, 2.45) is 16.5 Å². The number of amidine groups is 1. The molecule has 52 valence electrons. The van der Waals surface area contributed by atoms with Crippen molar-refractivity contribution in [2.75, 3.05) is 13.7 Å². The summed E-state index contributed by atoms with van der Waals surface area (Å²) in [7, 11) is 1.55. The fraction of sp³-hybridized carbons (Fsp3) is 0.400. The fourth-order valence-electron chi connectivity index (χ4n) is 0.300. The van der Waals surface area contributed by atoms with Crippen molar-refractivity contribution in [1.82, 2.24) is 0 Å². The molecule has 5 N–H and O–H groups in total. The van der Waals surface area contributed by atoms with Crippen LogP contribution in [-0.2, 0) is 0 Å². The van der Waals surface area contributed by atoms with Gasteiger partial charge < -0.3 is 16.6 Å². The molecule has 0 aliphatic heterocycles. The zero-order chi connectivity index (χ0) is 7.28. The average Bonchev–Trinajstić information content (AvgIpc) is 1.87. The van der Waals surface area contributed by atoms with Crippen molar-refractivity contribution in [3.05, 3.63) is 11.8 Å². The Morgan fingerprint density at radius 2 is 2.22 bits per heavy atom. The molecule has 0 saturated carbocycles. The highest BCUT2D eigenvalue weighted by Gasteiger charge is 1.86. The second-order valence-corrected chi connectivity index (χ2v) is 1.53. The highest BCUT2D eigenvalue weighted by atomic mass is 16.3. The standard InChI is InChI=1S/C5H11N3O/c1-8-5(7)2-4(6)3-9/h2,9H,3,6H2,1H3,(H2,7,8). The number of nitrogens with two attached hydrogens (primary N) is 2. The maximum atomic E-state index is 8.38. The first-order valence-electron chi connectivity index (χ1n) is 2.50. The topological polar surface area (TPSA) is 84.6 Å². The summed E-state index contributed by atoms with van der Waals surface area (Å²) in [5, 5.41) is 8.38. The molecule has 0 aromatic carbocycles. The van der Waals surface area contributed by atoms with E-state index in [2.05, 4.69) is 4.99 Å². The predicted octanol–water partition coefficient (Wildman–Crippen LogP) is -1.19. The van der Waals surface area contributed by atoms with Gasteiger partial charge in [0.2, 0.25) is 0 Å². The van der Waals surface area contributed by atoms with Gasteiger partial charge in [-0.05, 0) is 0 Å². The van der Waals surface area contributed by atoms with Gasteiger partial charge in [0.05, 0.1) is 6.61 Å². The third-order valence-electron chi connectivity index (χ3n) is 0.774. The van der Waals surface area contributed by atoms with E-state index in [0.717, 1.165) is 0 Å². The minimum Gasteiger partial charge on any atom is -0.400 e. The fourth-order valence-corrected chi connectivity index (χ4v) is 0.300. The van der Waals surface area contributed by atoms with Crippen molar-refractivity contribution in [1.29, 1.82) is 0 Å². The Labute approximate surface area is 53.9 Å². The summed E-state index contributed by atoms with van der Waals surface area (Å²) in [4.78, 5) is 3.60. The van der Waals surface area contributed by atoms with Gasteiger partial charge in [0.25, 0.3) is 0 Å². The molecule has 0 amide bonds. The maximum Gasteiger partial charge on any atom is 0.119 e. The summed E-state index contributed by atoms with van der Waals surface area (Å²) in [5.74, 6) is 0.321. The summed E-state index contributed by atoms with van der Waals surface area (Å²) in [5.41, 5.74) is 10.7. The minimum absolute atomic E-state index is 0.184. The van der Waals surface area contributed by atoms with Crippen LogP contribution in [0.3, 0.4) is 0 Å². The molecule has 0 saturated heterocycles. The van der Waals surface area contributed by atoms with Crippen LogP contribution < -0.4 is 11.5 Å². The molecule has 0 heterocycles. The van der Waals surface area contributed by atoms with E-state index >= 15 is 0 Å². The van der Waals surface area contributed by atoms with E-state index in [1.807, 2.05) is 0 Å². The zero-order valence-corrected chi connectivity index (χ0v) is 5.33. The first-order valence-corrected chi connectivity index (χ1v) is 2.50. The van der Waals surface area contributed by atoms with Crippen LogP contribution in [0.2, 0.25) is 0 Å². The largest absolute Gasteiger partial charge is 0.400 e. The number of hydrogen-bond acceptors (Lipinski definition) is 3. The highest BCUT2D eigenvalue weighted by molar-refractivity contribution is 5.91. The number of aliphatic hydroxyl groups excluding tert-OH is 1. The highest BCUT2D eigenvalue weighted by Crippen LogP contribution is 1.79. The zero-order valence-electron chi connectivity index (χ0n) is 5.33. The van der Waals surface area contributed by atoms with E-state index in [9.17, 15) is 0 Å². The lowest BCUT2D eigenvalue weighted by Gasteiger charge is -1.92. The Kier molecular flexibility index (Phi) is 3.46. The van der Waals surface area contributed by atoms with Crippen LogP contribution in [-0.4, -0.2) is 24.6 Å². The minimum atomic E-state index is -0.184. The quantitative estimate of drug-likeness (QED) is 0.323. The third-order valence-corrected chi connectivity index (χ3v) is 0.774. The van der Waals surface area contributed by atoms with Gasteiger partial charge in [-0.3, -0.25) is 4.99 Å². The van der Waals surface area contributed by atoms with Gasteiger partial charge in [0, 0.05) is 18.8 Å². The van der Waals surface area contributed by atoms with Crippen LogP contribution in [0.5, 0.6) is 0 Å². The van der Waals surface area contributed by atoms with Gasteiger partial charge in [-0.15, -0.1) is 0 Å². The van der Waals surface area contributed by atoms with Crippen molar-refractivity contribution < 1.29 is 5.11 Å². The van der Waals surface area contributed by atoms with Crippen molar-refractivity contribution in [3.63, 3.8) is 0 Å². The Balaban J connectivity index is 3.95. The summed E-state index contributed by atoms with van der Waals surface area (Å²) < 4.78 is 0. The predicted molar refractivity (Wildman–Crippen MR) is 36.9 cm³/mol. The van der Waals surface area contributed by atoms with Crippen LogP contribution in [0, 0.1) is 0 Å². The Hall–Kier alpha value is -1.03. The lowest BCUT2D eigenvalue weighted by atomic mass is 10.4. The lowest BCUT2D eigenvalue weighted by molar-refractivity contribution is 0.330. The first-order chi connectivity index (χ1) is 4.20. The molecular formula is C5H11N3O. The van der Waals surface area contributed by atoms with Crippen LogP contribution in [0.25, 0.3) is 0 Å². The van der Waals surface area contributed by atoms with E-state index in [0.29, 0.717) is 11.5 Å². The van der Waals surface area contributed by atoms with E-state index in [1.54, 1.807) is 7.05 Å². The molecule has 0 aromatic heterocycles. The monoisotopic (exact) mass is 129 g/mol. The van der Waals surface area contributed by atoms with E-state index in [-0.39, 0.29) is 6.61 Å². The van der Waals surface area contributed by atoms with Gasteiger partial charge >= 0.3 is 0 Å². The summed E-state index contributed by atoms with van der Waals surface area (Å²) >= 11 is 0. The average molecular weight is 129 g/mol. The van der Waals surface area contributed by atoms with Crippen molar-refractivity contribution in [3.8, 4) is 0 Å². The normalized spacial score (nSPS) is 14.0. The number of aliphatic imine (C=N–C) groups is 1. The van der Waals surface area contributed by atoms with Crippen molar-refractivity contribution >= 4 is 5.84 Å². The van der Waals surface area contributed by atoms with Crippen LogP contribution in [0.4, 0.5) is 0 Å². The molecule has 0 spiro atoms. The molecule has 9 heavy (non-hydrogen) atoms. The van der Waals surface area contributed by atoms with E-state index < -0.39 is 0 Å². The second kappa shape index (κ2) is 3.91. The summed E-state index contributed by atoms with van der Waals surface area (Å²) in [6.07, 6.45) is 1.42. The van der Waals surface area contributed by atoms with E-state index in [4.69, 9.17) is 16.6 Å². The van der Waals surface area contributed by atoms with Gasteiger partial charge in [-0.25, -0.2) is 0 Å². The molecule has 0 radical (unpaired) electrons. The number of rotatable bonds is 2.